The number of carbonyl (C=O) groups excluding carboxylic acids is 1. The normalized spacial score (nSPS) is 15.1. The van der Waals surface area contributed by atoms with Gasteiger partial charge in [-0.25, -0.2) is 12.4 Å². The van der Waals surface area contributed by atoms with Gasteiger partial charge >= 0.3 is 5.97 Å². The zero-order valence-electron chi connectivity index (χ0n) is 17.4. The fraction of sp³-hybridized carbons (Fsp3) is 0.167. The Bertz CT molecular complexity index is 1370. The van der Waals surface area contributed by atoms with Gasteiger partial charge < -0.3 is 14.9 Å². The Labute approximate surface area is 190 Å². The molecule has 1 aliphatic carbocycles. The number of nitrogens with zero attached hydrogens (tertiary/aromatic N) is 1. The average molecular weight is 467 g/mol. The van der Waals surface area contributed by atoms with Gasteiger partial charge in [0, 0.05) is 11.8 Å². The van der Waals surface area contributed by atoms with Crippen LogP contribution in [-0.4, -0.2) is 41.0 Å². The zero-order chi connectivity index (χ0) is 23.6. The topological polar surface area (TPSA) is 123 Å². The molecule has 9 heteroatoms. The zero-order valence-corrected chi connectivity index (χ0v) is 18.2. The third-order valence-electron chi connectivity index (χ3n) is 5.25. The first-order valence-electron chi connectivity index (χ1n) is 10.2. The molecule has 2 N–H and O–H groups in total. The molecule has 1 heterocycles. The molecule has 170 valence electrons. The number of carbonyl (C=O) groups is 2. The first-order chi connectivity index (χ1) is 15.7. The molecule has 0 atom stereocenters. The molecular weight excluding hydrogens is 446 g/mol. The number of allylic oxidation sites excluding steroid dienone is 2. The van der Waals surface area contributed by atoms with E-state index in [0.29, 0.717) is 23.1 Å². The lowest BCUT2D eigenvalue weighted by molar-refractivity contribution is -0.137. The van der Waals surface area contributed by atoms with Crippen LogP contribution in [0.25, 0.3) is 10.9 Å². The van der Waals surface area contributed by atoms with Gasteiger partial charge in [0.25, 0.3) is 10.0 Å². The molecule has 2 aromatic carbocycles. The highest BCUT2D eigenvalue weighted by molar-refractivity contribution is 7.90. The van der Waals surface area contributed by atoms with Crippen molar-refractivity contribution in [1.29, 1.82) is 0 Å². The highest BCUT2D eigenvalue weighted by atomic mass is 32.2. The predicted octanol–water partition coefficient (Wildman–Crippen LogP) is 3.00. The van der Waals surface area contributed by atoms with Crippen LogP contribution in [0.1, 0.15) is 18.5 Å². The number of para-hydroxylation sites is 1. The van der Waals surface area contributed by atoms with Gasteiger partial charge in [-0.2, -0.15) is 0 Å². The minimum Gasteiger partial charge on any atom is -0.494 e. The molecule has 0 radical (unpaired) electrons. The van der Waals surface area contributed by atoms with E-state index in [2.05, 4.69) is 0 Å². The molecule has 0 saturated heterocycles. The van der Waals surface area contributed by atoms with Crippen LogP contribution in [0.2, 0.25) is 0 Å². The van der Waals surface area contributed by atoms with Crippen molar-refractivity contribution in [3.05, 3.63) is 84.6 Å². The smallest absolute Gasteiger partial charge is 0.303 e. The Hall–Kier alpha value is -3.69. The fourth-order valence-electron chi connectivity index (χ4n) is 3.59. The number of ether oxygens (including phenoxy) is 1. The van der Waals surface area contributed by atoms with E-state index in [9.17, 15) is 23.1 Å². The van der Waals surface area contributed by atoms with Gasteiger partial charge in [-0.15, -0.1) is 0 Å². The first-order valence-corrected chi connectivity index (χ1v) is 11.6. The van der Waals surface area contributed by atoms with Gasteiger partial charge in [0.2, 0.25) is 0 Å². The summed E-state index contributed by atoms with van der Waals surface area (Å²) in [6.45, 7) is 0.190. The van der Waals surface area contributed by atoms with E-state index in [-0.39, 0.29) is 29.4 Å². The highest BCUT2D eigenvalue weighted by Gasteiger charge is 2.34. The van der Waals surface area contributed by atoms with Crippen LogP contribution in [0.15, 0.2) is 83.8 Å². The SMILES string of the molecule is O=C1C=CC(O)(c2cc3ccccc3n2S(=O)(=O)c2ccc(OCCCC(=O)O)cc2)C=C1. The molecule has 1 aromatic heterocycles. The average Bonchev–Trinajstić information content (AvgIpc) is 3.20. The summed E-state index contributed by atoms with van der Waals surface area (Å²) in [5, 5.41) is 20.5. The number of aromatic nitrogens is 1. The molecule has 0 amide bonds. The summed E-state index contributed by atoms with van der Waals surface area (Å²) in [6.07, 6.45) is 5.24. The van der Waals surface area contributed by atoms with Crippen molar-refractivity contribution in [3.63, 3.8) is 0 Å². The van der Waals surface area contributed by atoms with Crippen molar-refractivity contribution < 1.29 is 33.0 Å². The molecule has 0 aliphatic heterocycles. The van der Waals surface area contributed by atoms with Crippen LogP contribution >= 0.6 is 0 Å². The third kappa shape index (κ3) is 4.46. The van der Waals surface area contributed by atoms with Crippen molar-refractivity contribution in [2.75, 3.05) is 6.61 Å². The molecule has 4 rings (SSSR count). The lowest BCUT2D eigenvalue weighted by Gasteiger charge is -2.24. The Balaban J connectivity index is 1.72. The molecule has 0 spiro atoms. The maximum Gasteiger partial charge on any atom is 0.303 e. The van der Waals surface area contributed by atoms with E-state index in [1.807, 2.05) is 0 Å². The van der Waals surface area contributed by atoms with Gasteiger partial charge in [0.1, 0.15) is 11.4 Å². The summed E-state index contributed by atoms with van der Waals surface area (Å²) < 4.78 is 33.9. The van der Waals surface area contributed by atoms with Gasteiger partial charge in [-0.05, 0) is 67.1 Å². The monoisotopic (exact) mass is 467 g/mol. The lowest BCUT2D eigenvalue weighted by Crippen LogP contribution is -2.29. The van der Waals surface area contributed by atoms with Gasteiger partial charge in [-0.3, -0.25) is 9.59 Å². The second-order valence-corrected chi connectivity index (χ2v) is 9.36. The molecule has 8 nitrogen and oxygen atoms in total. The minimum absolute atomic E-state index is 0.0205. The lowest BCUT2D eigenvalue weighted by atomic mass is 9.94. The summed E-state index contributed by atoms with van der Waals surface area (Å²) in [6, 6.07) is 14.2. The van der Waals surface area contributed by atoms with Crippen molar-refractivity contribution in [2.24, 2.45) is 0 Å². The third-order valence-corrected chi connectivity index (χ3v) is 6.99. The number of aliphatic hydroxyl groups is 1. The molecule has 0 fully saturated rings. The van der Waals surface area contributed by atoms with Crippen LogP contribution in [0, 0.1) is 0 Å². The van der Waals surface area contributed by atoms with E-state index >= 15 is 0 Å². The van der Waals surface area contributed by atoms with E-state index in [1.54, 1.807) is 30.3 Å². The summed E-state index contributed by atoms with van der Waals surface area (Å²) in [5.74, 6) is -0.806. The largest absolute Gasteiger partial charge is 0.494 e. The van der Waals surface area contributed by atoms with Gasteiger partial charge in [0.05, 0.1) is 22.7 Å². The van der Waals surface area contributed by atoms with Crippen molar-refractivity contribution in [1.82, 2.24) is 3.97 Å². The molecule has 33 heavy (non-hydrogen) atoms. The van der Waals surface area contributed by atoms with E-state index in [4.69, 9.17) is 9.84 Å². The molecule has 1 aliphatic rings. The summed E-state index contributed by atoms with van der Waals surface area (Å²) in [4.78, 5) is 22.1. The van der Waals surface area contributed by atoms with Crippen LogP contribution < -0.4 is 4.74 Å². The number of carboxylic acids is 1. The summed E-state index contributed by atoms with van der Waals surface area (Å²) >= 11 is 0. The highest BCUT2D eigenvalue weighted by Crippen LogP contribution is 2.35. The minimum atomic E-state index is -4.14. The second kappa shape index (κ2) is 8.68. The summed E-state index contributed by atoms with van der Waals surface area (Å²) in [7, 11) is -4.14. The van der Waals surface area contributed by atoms with Crippen LogP contribution in [0.3, 0.4) is 0 Å². The number of fused-ring (bicyclic) bond motifs is 1. The maximum absolute atomic E-state index is 13.7. The molecule has 0 bridgehead atoms. The van der Waals surface area contributed by atoms with Crippen molar-refractivity contribution in [3.8, 4) is 5.75 Å². The van der Waals surface area contributed by atoms with E-state index in [1.165, 1.54) is 48.6 Å². The van der Waals surface area contributed by atoms with Crippen molar-refractivity contribution in [2.45, 2.75) is 23.3 Å². The second-order valence-electron chi connectivity index (χ2n) is 7.57. The van der Waals surface area contributed by atoms with Crippen LogP contribution in [-0.2, 0) is 25.2 Å². The first kappa shape index (κ1) is 22.5. The van der Waals surface area contributed by atoms with E-state index in [0.717, 1.165) is 3.97 Å². The number of hydrogen-bond acceptors (Lipinski definition) is 6. The Morgan fingerprint density at radius 3 is 2.36 bits per heavy atom. The Kier molecular flexibility index (Phi) is 5.92. The number of carboxylic acid groups (broad SMARTS) is 1. The Morgan fingerprint density at radius 1 is 1.03 bits per heavy atom. The van der Waals surface area contributed by atoms with Gasteiger partial charge in [0.15, 0.2) is 5.78 Å². The molecule has 0 unspecified atom stereocenters. The number of benzene rings is 2. The number of rotatable bonds is 8. The fourth-order valence-corrected chi connectivity index (χ4v) is 5.17. The molecule has 0 saturated carbocycles. The number of hydrogen-bond donors (Lipinski definition) is 2. The molecular formula is C24H21NO7S. The van der Waals surface area contributed by atoms with Crippen LogP contribution in [0.4, 0.5) is 0 Å². The quantitative estimate of drug-likeness (QED) is 0.488. The van der Waals surface area contributed by atoms with Gasteiger partial charge in [-0.1, -0.05) is 18.2 Å². The molecule has 3 aromatic rings. The summed E-state index contributed by atoms with van der Waals surface area (Å²) in [5.41, 5.74) is -1.32. The van der Waals surface area contributed by atoms with E-state index < -0.39 is 21.6 Å². The number of aliphatic carboxylic acids is 1. The van der Waals surface area contributed by atoms with Crippen LogP contribution in [0.5, 0.6) is 5.75 Å². The van der Waals surface area contributed by atoms with Crippen molar-refractivity contribution >= 4 is 32.7 Å². The Morgan fingerprint density at radius 2 is 1.70 bits per heavy atom. The number of ketones is 1. The maximum atomic E-state index is 13.7. The standard InChI is InChI=1S/C24H21NO7S/c26-18-11-13-24(29,14-12-18)22-16-17-4-1-2-5-21(17)25(22)33(30,31)20-9-7-19(8-10-20)32-15-3-6-23(27)28/h1-2,4-5,7-14,16,29H,3,6,15H2,(H,27,28). The predicted molar refractivity (Wildman–Crippen MR) is 121 cm³/mol.